The van der Waals surface area contributed by atoms with E-state index in [-0.39, 0.29) is 5.75 Å². The maximum absolute atomic E-state index is 11.9. The minimum atomic E-state index is -4.75. The van der Waals surface area contributed by atoms with Gasteiger partial charge in [-0.25, -0.2) is 4.79 Å². The molecule has 7 heteroatoms. The molecule has 100 valence electrons. The van der Waals surface area contributed by atoms with Gasteiger partial charge >= 0.3 is 12.3 Å². The Hall–Kier alpha value is -1.76. The molecule has 0 saturated heterocycles. The summed E-state index contributed by atoms with van der Waals surface area (Å²) in [5, 5.41) is 0. The average Bonchev–Trinajstić information content (AvgIpc) is 2.26. The monoisotopic (exact) mass is 263 g/mol. The minimum Gasteiger partial charge on any atom is -0.467 e. The molecule has 0 fully saturated rings. The zero-order chi connectivity index (χ0) is 14.0. The van der Waals surface area contributed by atoms with E-state index in [4.69, 9.17) is 5.73 Å². The number of rotatable bonds is 3. The molecule has 0 saturated carbocycles. The van der Waals surface area contributed by atoms with E-state index in [1.54, 1.807) is 0 Å². The van der Waals surface area contributed by atoms with Crippen LogP contribution in [0.15, 0.2) is 24.3 Å². The minimum absolute atomic E-state index is 0.323. The van der Waals surface area contributed by atoms with Gasteiger partial charge in [-0.05, 0) is 24.6 Å². The van der Waals surface area contributed by atoms with Crippen LogP contribution >= 0.6 is 0 Å². The van der Waals surface area contributed by atoms with Crippen LogP contribution in [0.1, 0.15) is 12.5 Å². The van der Waals surface area contributed by atoms with Gasteiger partial charge in [-0.3, -0.25) is 0 Å². The zero-order valence-corrected chi connectivity index (χ0v) is 9.75. The summed E-state index contributed by atoms with van der Waals surface area (Å²) in [6.45, 7) is 1.40. The van der Waals surface area contributed by atoms with Gasteiger partial charge in [0.2, 0.25) is 0 Å². The van der Waals surface area contributed by atoms with Crippen molar-refractivity contribution in [1.82, 2.24) is 0 Å². The van der Waals surface area contributed by atoms with E-state index in [2.05, 4.69) is 9.47 Å². The highest BCUT2D eigenvalue weighted by atomic mass is 19.4. The van der Waals surface area contributed by atoms with Gasteiger partial charge in [-0.2, -0.15) is 0 Å². The Morgan fingerprint density at radius 1 is 1.22 bits per heavy atom. The van der Waals surface area contributed by atoms with Crippen LogP contribution in [0.4, 0.5) is 13.2 Å². The lowest BCUT2D eigenvalue weighted by atomic mass is 9.93. The SMILES string of the molecule is COC(=O)[C@@](C)(N)c1ccc(OC(F)(F)F)cc1. The molecule has 0 radical (unpaired) electrons. The molecule has 0 bridgehead atoms. The first-order valence-corrected chi connectivity index (χ1v) is 4.90. The molecule has 0 spiro atoms. The van der Waals surface area contributed by atoms with Gasteiger partial charge in [0.25, 0.3) is 0 Å². The van der Waals surface area contributed by atoms with E-state index in [0.717, 1.165) is 12.1 Å². The van der Waals surface area contributed by atoms with Crippen LogP contribution in [-0.4, -0.2) is 19.4 Å². The Bertz CT molecular complexity index is 426. The van der Waals surface area contributed by atoms with E-state index in [0.29, 0.717) is 5.56 Å². The lowest BCUT2D eigenvalue weighted by Crippen LogP contribution is -2.42. The summed E-state index contributed by atoms with van der Waals surface area (Å²) >= 11 is 0. The number of nitrogens with two attached hydrogens (primary N) is 1. The van der Waals surface area contributed by atoms with Crippen molar-refractivity contribution in [3.05, 3.63) is 29.8 Å². The maximum atomic E-state index is 11.9. The molecule has 0 unspecified atom stereocenters. The van der Waals surface area contributed by atoms with Crippen LogP contribution < -0.4 is 10.5 Å². The van der Waals surface area contributed by atoms with Crippen molar-refractivity contribution in [2.24, 2.45) is 5.73 Å². The van der Waals surface area contributed by atoms with Crippen molar-refractivity contribution in [1.29, 1.82) is 0 Å². The fourth-order valence-electron chi connectivity index (χ4n) is 1.33. The number of carbonyl (C=O) groups excluding carboxylic acids is 1. The number of halogens is 3. The number of esters is 1. The fourth-order valence-corrected chi connectivity index (χ4v) is 1.33. The Balaban J connectivity index is 2.92. The van der Waals surface area contributed by atoms with E-state index >= 15 is 0 Å². The van der Waals surface area contributed by atoms with E-state index in [9.17, 15) is 18.0 Å². The summed E-state index contributed by atoms with van der Waals surface area (Å²) in [7, 11) is 1.18. The number of benzene rings is 1. The molecule has 0 aliphatic rings. The number of methoxy groups -OCH3 is 1. The first-order chi connectivity index (χ1) is 8.16. The summed E-state index contributed by atoms with van der Waals surface area (Å²) in [5.41, 5.74) is 4.63. The predicted molar refractivity (Wildman–Crippen MR) is 56.7 cm³/mol. The lowest BCUT2D eigenvalue weighted by Gasteiger charge is -2.22. The van der Waals surface area contributed by atoms with Crippen molar-refractivity contribution in [2.45, 2.75) is 18.8 Å². The number of ether oxygens (including phenoxy) is 2. The third kappa shape index (κ3) is 3.36. The zero-order valence-electron chi connectivity index (χ0n) is 9.75. The summed E-state index contributed by atoms with van der Waals surface area (Å²) in [6, 6.07) is 4.71. The van der Waals surface area contributed by atoms with Crippen LogP contribution in [0.25, 0.3) is 0 Å². The topological polar surface area (TPSA) is 61.5 Å². The van der Waals surface area contributed by atoms with E-state index < -0.39 is 17.9 Å². The Labute approximate surface area is 101 Å². The third-order valence-corrected chi connectivity index (χ3v) is 2.30. The largest absolute Gasteiger partial charge is 0.573 e. The van der Waals surface area contributed by atoms with Gasteiger partial charge in [-0.15, -0.1) is 13.2 Å². The molecule has 0 amide bonds. The molecule has 1 aromatic rings. The maximum Gasteiger partial charge on any atom is 0.573 e. The molecule has 1 aromatic carbocycles. The Kier molecular flexibility index (Phi) is 3.85. The normalized spacial score (nSPS) is 14.8. The molecule has 0 heterocycles. The van der Waals surface area contributed by atoms with Gasteiger partial charge < -0.3 is 15.2 Å². The molecule has 1 rings (SSSR count). The average molecular weight is 263 g/mol. The molecule has 0 aromatic heterocycles. The number of hydrogen-bond donors (Lipinski definition) is 1. The molecular formula is C11H12F3NO3. The summed E-state index contributed by atoms with van der Waals surface area (Å²) < 4.78 is 44.0. The third-order valence-electron chi connectivity index (χ3n) is 2.30. The quantitative estimate of drug-likeness (QED) is 0.846. The molecular weight excluding hydrogens is 251 g/mol. The summed E-state index contributed by atoms with van der Waals surface area (Å²) in [5.74, 6) is -1.07. The number of alkyl halides is 3. The Morgan fingerprint density at radius 3 is 2.11 bits per heavy atom. The second-order valence-corrected chi connectivity index (χ2v) is 3.77. The standard InChI is InChI=1S/C11H12F3NO3/c1-10(15,9(16)17-2)7-3-5-8(6-4-7)18-11(12,13)14/h3-6H,15H2,1-2H3/t10-/m0/s1. The number of hydrogen-bond acceptors (Lipinski definition) is 4. The van der Waals surface area contributed by atoms with E-state index in [1.165, 1.54) is 26.2 Å². The second-order valence-electron chi connectivity index (χ2n) is 3.77. The van der Waals surface area contributed by atoms with Crippen LogP contribution in [0.5, 0.6) is 5.75 Å². The van der Waals surface area contributed by atoms with Crippen molar-refractivity contribution < 1.29 is 27.4 Å². The smallest absolute Gasteiger partial charge is 0.467 e. The van der Waals surface area contributed by atoms with Crippen molar-refractivity contribution >= 4 is 5.97 Å². The molecule has 4 nitrogen and oxygen atoms in total. The van der Waals surface area contributed by atoms with Crippen molar-refractivity contribution in [2.75, 3.05) is 7.11 Å². The van der Waals surface area contributed by atoms with Gasteiger partial charge in [0.05, 0.1) is 7.11 Å². The number of carbonyl (C=O) groups is 1. The highest BCUT2D eigenvalue weighted by molar-refractivity contribution is 5.81. The van der Waals surface area contributed by atoms with Crippen LogP contribution in [-0.2, 0) is 15.1 Å². The van der Waals surface area contributed by atoms with Gasteiger partial charge in [0.15, 0.2) is 0 Å². The molecule has 18 heavy (non-hydrogen) atoms. The Morgan fingerprint density at radius 2 is 1.72 bits per heavy atom. The van der Waals surface area contributed by atoms with Crippen LogP contribution in [0.2, 0.25) is 0 Å². The second kappa shape index (κ2) is 4.85. The van der Waals surface area contributed by atoms with Crippen LogP contribution in [0, 0.1) is 0 Å². The fraction of sp³-hybridized carbons (Fsp3) is 0.364. The van der Waals surface area contributed by atoms with Gasteiger partial charge in [-0.1, -0.05) is 12.1 Å². The molecule has 0 aliphatic carbocycles. The van der Waals surface area contributed by atoms with Crippen molar-refractivity contribution in [3.8, 4) is 5.75 Å². The first kappa shape index (κ1) is 14.3. The molecule has 1 atom stereocenters. The molecule has 0 aliphatic heterocycles. The highest BCUT2D eigenvalue weighted by Gasteiger charge is 2.33. The first-order valence-electron chi connectivity index (χ1n) is 4.90. The van der Waals surface area contributed by atoms with E-state index in [1.807, 2.05) is 0 Å². The molecule has 2 N–H and O–H groups in total. The van der Waals surface area contributed by atoms with Crippen LogP contribution in [0.3, 0.4) is 0 Å². The van der Waals surface area contributed by atoms with Gasteiger partial charge in [0, 0.05) is 0 Å². The van der Waals surface area contributed by atoms with Crippen molar-refractivity contribution in [3.63, 3.8) is 0 Å². The summed E-state index contributed by atoms with van der Waals surface area (Å²) in [6.07, 6.45) is -4.75. The summed E-state index contributed by atoms with van der Waals surface area (Å²) in [4.78, 5) is 11.4. The highest BCUT2D eigenvalue weighted by Crippen LogP contribution is 2.26. The van der Waals surface area contributed by atoms with Gasteiger partial charge in [0.1, 0.15) is 11.3 Å². The predicted octanol–water partition coefficient (Wildman–Crippen LogP) is 1.93. The lowest BCUT2D eigenvalue weighted by molar-refractivity contribution is -0.274.